The Bertz CT molecular complexity index is 527. The average Bonchev–Trinajstić information content (AvgIpc) is 2.74. The van der Waals surface area contributed by atoms with Crippen molar-refractivity contribution in [3.8, 4) is 0 Å². The lowest BCUT2D eigenvalue weighted by atomic mass is 10.2. The van der Waals surface area contributed by atoms with Crippen LogP contribution in [0.2, 0.25) is 0 Å². The smallest absolute Gasteiger partial charge is 0.300 e. The van der Waals surface area contributed by atoms with Crippen molar-refractivity contribution in [3.05, 3.63) is 22.2 Å². The molecule has 8 heteroatoms. The van der Waals surface area contributed by atoms with Crippen LogP contribution in [0.3, 0.4) is 0 Å². The van der Waals surface area contributed by atoms with Crippen LogP contribution in [0.4, 0.5) is 11.4 Å². The SMILES string of the molecule is O=[N+]([O-])c1ccc(NCCS)c2nonc12. The highest BCUT2D eigenvalue weighted by atomic mass is 32.1. The van der Waals surface area contributed by atoms with Crippen molar-refractivity contribution in [2.24, 2.45) is 0 Å². The first kappa shape index (κ1) is 10.7. The Labute approximate surface area is 95.3 Å². The minimum atomic E-state index is -0.519. The second-order valence-electron chi connectivity index (χ2n) is 3.00. The highest BCUT2D eigenvalue weighted by Gasteiger charge is 2.18. The monoisotopic (exact) mass is 240 g/mol. The van der Waals surface area contributed by atoms with Crippen LogP contribution in [-0.4, -0.2) is 27.5 Å². The van der Waals surface area contributed by atoms with Crippen LogP contribution in [0.1, 0.15) is 0 Å². The third kappa shape index (κ3) is 1.78. The molecule has 2 aromatic rings. The molecule has 0 fully saturated rings. The van der Waals surface area contributed by atoms with Crippen molar-refractivity contribution < 1.29 is 9.55 Å². The number of nitrogens with zero attached hydrogens (tertiary/aromatic N) is 3. The molecule has 1 N–H and O–H groups in total. The van der Waals surface area contributed by atoms with E-state index in [9.17, 15) is 10.1 Å². The second kappa shape index (κ2) is 4.35. The van der Waals surface area contributed by atoms with Gasteiger partial charge in [0.2, 0.25) is 5.52 Å². The van der Waals surface area contributed by atoms with Gasteiger partial charge in [0.15, 0.2) is 5.52 Å². The van der Waals surface area contributed by atoms with Gasteiger partial charge in [-0.25, -0.2) is 4.63 Å². The Morgan fingerprint density at radius 1 is 1.44 bits per heavy atom. The second-order valence-corrected chi connectivity index (χ2v) is 3.45. The number of benzene rings is 1. The summed E-state index contributed by atoms with van der Waals surface area (Å²) in [5.74, 6) is 0.643. The van der Waals surface area contributed by atoms with E-state index in [2.05, 4.69) is 32.9 Å². The van der Waals surface area contributed by atoms with Crippen LogP contribution in [-0.2, 0) is 0 Å². The largest absolute Gasteiger partial charge is 0.382 e. The molecule has 16 heavy (non-hydrogen) atoms. The van der Waals surface area contributed by atoms with Crippen molar-refractivity contribution in [1.82, 2.24) is 10.3 Å². The molecule has 0 radical (unpaired) electrons. The third-order valence-electron chi connectivity index (χ3n) is 2.02. The van der Waals surface area contributed by atoms with Crippen molar-refractivity contribution in [2.45, 2.75) is 0 Å². The number of hydrogen-bond donors (Lipinski definition) is 2. The number of hydrogen-bond acceptors (Lipinski definition) is 7. The maximum atomic E-state index is 10.7. The molecule has 0 saturated carbocycles. The van der Waals surface area contributed by atoms with Gasteiger partial charge in [0.05, 0.1) is 10.6 Å². The lowest BCUT2D eigenvalue weighted by molar-refractivity contribution is -0.383. The first-order valence-electron chi connectivity index (χ1n) is 4.48. The minimum absolute atomic E-state index is 0.118. The minimum Gasteiger partial charge on any atom is -0.382 e. The topological polar surface area (TPSA) is 94.1 Å². The number of aromatic nitrogens is 2. The molecule has 0 unspecified atom stereocenters. The zero-order chi connectivity index (χ0) is 11.5. The molecular formula is C8H8N4O3S. The molecule has 0 atom stereocenters. The summed E-state index contributed by atoms with van der Waals surface area (Å²) in [6, 6.07) is 2.95. The van der Waals surface area contributed by atoms with Crippen LogP contribution < -0.4 is 5.32 Å². The summed E-state index contributed by atoms with van der Waals surface area (Å²) in [6.45, 7) is 0.628. The zero-order valence-corrected chi connectivity index (χ0v) is 8.98. The van der Waals surface area contributed by atoms with Crippen LogP contribution in [0.25, 0.3) is 11.0 Å². The van der Waals surface area contributed by atoms with Gasteiger partial charge in [-0.05, 0) is 16.4 Å². The Morgan fingerprint density at radius 2 is 2.19 bits per heavy atom. The summed E-state index contributed by atoms with van der Waals surface area (Å²) >= 11 is 4.05. The van der Waals surface area contributed by atoms with E-state index in [4.69, 9.17) is 0 Å². The molecule has 0 aliphatic carbocycles. The quantitative estimate of drug-likeness (QED) is 0.477. The molecule has 1 aromatic heterocycles. The number of nitro benzene ring substituents is 1. The fourth-order valence-corrected chi connectivity index (χ4v) is 1.45. The molecule has 0 aliphatic heterocycles. The third-order valence-corrected chi connectivity index (χ3v) is 2.24. The lowest BCUT2D eigenvalue weighted by Crippen LogP contribution is -2.03. The molecule has 2 rings (SSSR count). The molecule has 0 spiro atoms. The predicted molar refractivity (Wildman–Crippen MR) is 60.8 cm³/mol. The first-order valence-corrected chi connectivity index (χ1v) is 5.11. The van der Waals surface area contributed by atoms with E-state index in [0.717, 1.165) is 0 Å². The molecule has 1 heterocycles. The van der Waals surface area contributed by atoms with Gasteiger partial charge >= 0.3 is 5.69 Å². The fourth-order valence-electron chi connectivity index (χ4n) is 1.33. The van der Waals surface area contributed by atoms with E-state index in [1.165, 1.54) is 6.07 Å². The molecule has 0 saturated heterocycles. The van der Waals surface area contributed by atoms with Gasteiger partial charge in [0.1, 0.15) is 0 Å². The van der Waals surface area contributed by atoms with Gasteiger partial charge in [0, 0.05) is 18.4 Å². The molecule has 0 amide bonds. The van der Waals surface area contributed by atoms with Gasteiger partial charge in [-0.2, -0.15) is 12.6 Å². The number of fused-ring (bicyclic) bond motifs is 1. The number of rotatable bonds is 4. The van der Waals surface area contributed by atoms with Gasteiger partial charge in [-0.15, -0.1) is 0 Å². The Balaban J connectivity index is 2.50. The zero-order valence-electron chi connectivity index (χ0n) is 8.08. The summed E-state index contributed by atoms with van der Waals surface area (Å²) < 4.78 is 4.51. The number of thiol groups is 1. The Hall–Kier alpha value is -1.83. The predicted octanol–water partition coefficient (Wildman–Crippen LogP) is 1.47. The van der Waals surface area contributed by atoms with E-state index in [1.807, 2.05) is 0 Å². The van der Waals surface area contributed by atoms with E-state index in [0.29, 0.717) is 23.5 Å². The van der Waals surface area contributed by atoms with Crippen molar-refractivity contribution in [1.29, 1.82) is 0 Å². The summed E-state index contributed by atoms with van der Waals surface area (Å²) in [5, 5.41) is 20.9. The lowest BCUT2D eigenvalue weighted by Gasteiger charge is -2.03. The van der Waals surface area contributed by atoms with Crippen molar-refractivity contribution in [3.63, 3.8) is 0 Å². The van der Waals surface area contributed by atoms with E-state index in [1.54, 1.807) is 6.07 Å². The molecule has 84 valence electrons. The number of anilines is 1. The molecule has 0 aliphatic rings. The Kier molecular flexibility index (Phi) is 2.91. The summed E-state index contributed by atoms with van der Waals surface area (Å²) in [4.78, 5) is 10.2. The maximum absolute atomic E-state index is 10.7. The van der Waals surface area contributed by atoms with Crippen LogP contribution in [0.5, 0.6) is 0 Å². The van der Waals surface area contributed by atoms with E-state index < -0.39 is 4.92 Å². The number of non-ortho nitro benzene ring substituents is 1. The van der Waals surface area contributed by atoms with Crippen LogP contribution >= 0.6 is 12.6 Å². The summed E-state index contributed by atoms with van der Waals surface area (Å²) in [6.07, 6.45) is 0. The maximum Gasteiger partial charge on any atom is 0.300 e. The normalized spacial score (nSPS) is 10.6. The summed E-state index contributed by atoms with van der Waals surface area (Å²) in [7, 11) is 0. The molecule has 7 nitrogen and oxygen atoms in total. The fraction of sp³-hybridized carbons (Fsp3) is 0.250. The highest BCUT2D eigenvalue weighted by Crippen LogP contribution is 2.28. The van der Waals surface area contributed by atoms with E-state index >= 15 is 0 Å². The van der Waals surface area contributed by atoms with Crippen LogP contribution in [0.15, 0.2) is 16.8 Å². The first-order chi connectivity index (χ1) is 7.74. The van der Waals surface area contributed by atoms with E-state index in [-0.39, 0.29) is 11.2 Å². The van der Waals surface area contributed by atoms with Crippen molar-refractivity contribution in [2.75, 3.05) is 17.6 Å². The van der Waals surface area contributed by atoms with Gasteiger partial charge < -0.3 is 5.32 Å². The Morgan fingerprint density at radius 3 is 2.88 bits per heavy atom. The molecular weight excluding hydrogens is 232 g/mol. The standard InChI is InChI=1S/C8H8N4O3S/c13-12(14)6-2-1-5(9-3-4-16)7-8(6)11-15-10-7/h1-2,9,16H,3-4H2. The average molecular weight is 240 g/mol. The number of nitrogens with one attached hydrogen (secondary N) is 1. The van der Waals surface area contributed by atoms with Gasteiger partial charge in [0.25, 0.3) is 0 Å². The van der Waals surface area contributed by atoms with Gasteiger partial charge in [-0.1, -0.05) is 0 Å². The molecule has 1 aromatic carbocycles. The number of nitro groups is 1. The highest BCUT2D eigenvalue weighted by molar-refractivity contribution is 7.80. The summed E-state index contributed by atoms with van der Waals surface area (Å²) in [5.41, 5.74) is 1.04. The molecule has 0 bridgehead atoms. The van der Waals surface area contributed by atoms with Crippen molar-refractivity contribution >= 4 is 35.0 Å². The van der Waals surface area contributed by atoms with Crippen LogP contribution in [0, 0.1) is 10.1 Å². The van der Waals surface area contributed by atoms with Gasteiger partial charge in [-0.3, -0.25) is 10.1 Å².